The summed E-state index contributed by atoms with van der Waals surface area (Å²) in [6.07, 6.45) is 3.34. The molecule has 0 aliphatic heterocycles. The van der Waals surface area contributed by atoms with Crippen LogP contribution in [0.25, 0.3) is 0 Å². The number of H-pyrrole nitrogens is 1. The second kappa shape index (κ2) is 11.5. The Morgan fingerprint density at radius 2 is 1.86 bits per heavy atom. The van der Waals surface area contributed by atoms with E-state index < -0.39 is 28.8 Å². The Balaban J connectivity index is -0.000000307. The summed E-state index contributed by atoms with van der Waals surface area (Å²) in [6, 6.07) is -1.80. The van der Waals surface area contributed by atoms with Crippen LogP contribution >= 0.6 is 0 Å². The smallest absolute Gasteiger partial charge is 0.320 e. The molecule has 0 aliphatic carbocycles. The third kappa shape index (κ3) is 10.6. The zero-order valence-electron chi connectivity index (χ0n) is 12.1. The van der Waals surface area contributed by atoms with Crippen molar-refractivity contribution in [1.82, 2.24) is 9.97 Å². The van der Waals surface area contributed by atoms with Gasteiger partial charge in [0.05, 0.1) is 12.4 Å². The van der Waals surface area contributed by atoms with Crippen molar-refractivity contribution in [3.63, 3.8) is 0 Å². The van der Waals surface area contributed by atoms with Gasteiger partial charge in [0, 0.05) is 35.1 Å². The van der Waals surface area contributed by atoms with Crippen molar-refractivity contribution in [1.29, 1.82) is 0 Å². The molecule has 22 heavy (non-hydrogen) atoms. The molecule has 0 amide bonds. The molecular weight excluding hydrogens is 359 g/mol. The number of carbonyl (C=O) groups is 2. The summed E-state index contributed by atoms with van der Waals surface area (Å²) in [4.78, 5) is 26.9. The van der Waals surface area contributed by atoms with Crippen molar-refractivity contribution in [2.24, 2.45) is 11.5 Å². The molecule has 0 saturated carbocycles. The summed E-state index contributed by atoms with van der Waals surface area (Å²) in [5.74, 6) is -2.05. The first kappa shape index (κ1) is 25.8. The summed E-state index contributed by atoms with van der Waals surface area (Å²) in [6.45, 7) is 3.22. The van der Waals surface area contributed by atoms with Crippen molar-refractivity contribution >= 4 is 24.6 Å². The van der Waals surface area contributed by atoms with Gasteiger partial charge in [-0.2, -0.15) is 0 Å². The number of rotatable bonds is 5. The monoisotopic (exact) mass is 380 g/mol. The summed E-state index contributed by atoms with van der Waals surface area (Å²) in [5, 5.41) is 16.7. The second-order valence-electron chi connectivity index (χ2n) is 4.65. The minimum absolute atomic E-state index is 0. The number of aromatic nitrogens is 2. The number of nitrogens with zero attached hydrogens (tertiary/aromatic N) is 1. The van der Waals surface area contributed by atoms with Crippen LogP contribution in [0.15, 0.2) is 12.5 Å². The van der Waals surface area contributed by atoms with Crippen molar-refractivity contribution in [3.05, 3.63) is 18.2 Å². The normalized spacial score (nSPS) is 12.6. The van der Waals surface area contributed by atoms with Crippen LogP contribution in [0.2, 0.25) is 0 Å². The fourth-order valence-corrected chi connectivity index (χ4v) is 1.12. The molecule has 0 aromatic carbocycles. The Morgan fingerprint density at radius 3 is 2.09 bits per heavy atom. The third-order valence-electron chi connectivity index (χ3n) is 2.33. The summed E-state index contributed by atoms with van der Waals surface area (Å²) in [7, 11) is 0. The van der Waals surface area contributed by atoms with E-state index in [4.69, 9.17) is 34.3 Å². The number of hydrogen-bond acceptors (Lipinski definition) is 6. The van der Waals surface area contributed by atoms with Crippen molar-refractivity contribution in [3.8, 4) is 0 Å². The van der Waals surface area contributed by atoms with E-state index >= 15 is 0 Å². The number of hydrogen-bond donors (Lipinski definition) is 5. The molecule has 1 radical (unpaired) electrons. The average molecular weight is 380 g/mol. The van der Waals surface area contributed by atoms with Gasteiger partial charge in [-0.3, -0.25) is 9.59 Å². The first-order valence-electron chi connectivity index (χ1n) is 5.70. The van der Waals surface area contributed by atoms with Gasteiger partial charge in [0.1, 0.15) is 6.04 Å². The molecule has 0 aliphatic rings. The number of aliphatic carboxylic acids is 2. The zero-order valence-corrected chi connectivity index (χ0v) is 13.9. The summed E-state index contributed by atoms with van der Waals surface area (Å²) < 4.78 is -0.758. The molecule has 0 unspecified atom stereocenters. The maximum atomic E-state index is 10.3. The molecule has 0 spiro atoms. The maximum Gasteiger partial charge on any atom is 0.320 e. The topological polar surface area (TPSA) is 187 Å². The fraction of sp³-hybridized carbons (Fsp3) is 0.545. The van der Waals surface area contributed by atoms with Crippen LogP contribution in [0.5, 0.6) is 0 Å². The van der Waals surface area contributed by atoms with Gasteiger partial charge in [0.25, 0.3) is 0 Å². The van der Waals surface area contributed by atoms with E-state index in [0.29, 0.717) is 0 Å². The van der Waals surface area contributed by atoms with Crippen LogP contribution in [0.4, 0.5) is 0 Å². The van der Waals surface area contributed by atoms with Crippen LogP contribution in [-0.4, -0.2) is 54.4 Å². The first-order chi connectivity index (χ1) is 9.05. The van der Waals surface area contributed by atoms with Gasteiger partial charge in [-0.1, -0.05) is 13.8 Å². The number of aromatic amines is 1. The van der Waals surface area contributed by atoms with E-state index in [-0.39, 0.29) is 28.7 Å². The molecule has 9 nitrogen and oxygen atoms in total. The molecule has 9 N–H and O–H groups in total. The van der Waals surface area contributed by atoms with Gasteiger partial charge in [-0.05, 0) is 0 Å². The standard InChI is InChI=1S/C6H9N3O2.C5H11NO2S.Co.H2O/c7-5(6(10)11)1-4-2-8-3-9-4;1-5(2,9)3(6)4(7)8;;/h2-3,5H,1,7H2,(H,8,9)(H,10,11);3,9H,6H2,1-2H3,(H,7,8);;1H2/p-1/t5-;3-;;/m00../s1. The largest absolute Gasteiger partial charge is 0.784 e. The number of imidazole rings is 1. The van der Waals surface area contributed by atoms with Gasteiger partial charge in [-0.15, -0.1) is 4.75 Å². The number of nitrogens with two attached hydrogens (primary N) is 2. The molecular formula is C11H21CoN4O5S-. The van der Waals surface area contributed by atoms with Crippen LogP contribution in [-0.2, 0) is 45.4 Å². The maximum absolute atomic E-state index is 10.3. The molecule has 131 valence electrons. The molecule has 0 fully saturated rings. The van der Waals surface area contributed by atoms with Gasteiger partial charge in [0.2, 0.25) is 0 Å². The van der Waals surface area contributed by atoms with E-state index in [9.17, 15) is 9.59 Å². The van der Waals surface area contributed by atoms with Crippen LogP contribution in [0.3, 0.4) is 0 Å². The molecule has 11 heteroatoms. The second-order valence-corrected chi connectivity index (χ2v) is 5.70. The van der Waals surface area contributed by atoms with Gasteiger partial charge in [0.15, 0.2) is 0 Å². The van der Waals surface area contributed by atoms with Crippen LogP contribution in [0.1, 0.15) is 19.5 Å². The van der Waals surface area contributed by atoms with E-state index in [0.717, 1.165) is 5.69 Å². The molecule has 1 rings (SSSR count). The van der Waals surface area contributed by atoms with Gasteiger partial charge in [-0.25, -0.2) is 4.98 Å². The predicted molar refractivity (Wildman–Crippen MR) is 78.6 cm³/mol. The van der Waals surface area contributed by atoms with Crippen molar-refractivity contribution < 1.29 is 42.1 Å². The Morgan fingerprint density at radius 1 is 1.36 bits per heavy atom. The summed E-state index contributed by atoms with van der Waals surface area (Å²) in [5.41, 5.74) is 11.2. The van der Waals surface area contributed by atoms with Crippen molar-refractivity contribution in [2.75, 3.05) is 0 Å². The fourth-order valence-electron chi connectivity index (χ4n) is 1.02. The van der Waals surface area contributed by atoms with Crippen LogP contribution < -0.4 is 11.5 Å². The molecule has 1 aromatic rings. The van der Waals surface area contributed by atoms with Gasteiger partial charge < -0.3 is 44.8 Å². The quantitative estimate of drug-likeness (QED) is 0.372. The van der Waals surface area contributed by atoms with E-state index in [1.54, 1.807) is 20.0 Å². The third-order valence-corrected chi connectivity index (χ3v) is 2.58. The molecule has 0 saturated heterocycles. The Hall–Kier alpha value is -1.11. The van der Waals surface area contributed by atoms with Crippen molar-refractivity contribution in [2.45, 2.75) is 37.1 Å². The first-order valence-corrected chi connectivity index (χ1v) is 6.11. The van der Waals surface area contributed by atoms with E-state index in [2.05, 4.69) is 9.97 Å². The molecule has 1 heterocycles. The SMILES string of the molecule is CC(C)([S-])[C@@H](N)C(=O)O.N[C@@H](Cc1cnc[nH]1)C(=O)O.O.[Co]. The van der Waals surface area contributed by atoms with Crippen LogP contribution in [0, 0.1) is 0 Å². The minimum atomic E-state index is -1.05. The Kier molecular flexibility index (Phi) is 13.4. The molecule has 1 aromatic heterocycles. The Bertz CT molecular complexity index is 438. The number of carboxylic acids is 2. The van der Waals surface area contributed by atoms with Gasteiger partial charge >= 0.3 is 11.9 Å². The summed E-state index contributed by atoms with van der Waals surface area (Å²) >= 11 is 4.78. The zero-order chi connectivity index (χ0) is 15.9. The Labute approximate surface area is 143 Å². The number of carboxylic acid groups (broad SMARTS) is 2. The number of nitrogens with one attached hydrogen (secondary N) is 1. The average Bonchev–Trinajstić information content (AvgIpc) is 2.80. The molecule has 0 bridgehead atoms. The molecule has 2 atom stereocenters. The van der Waals surface area contributed by atoms with E-state index in [1.165, 1.54) is 6.33 Å². The van der Waals surface area contributed by atoms with E-state index in [1.807, 2.05) is 0 Å². The minimum Gasteiger partial charge on any atom is -0.784 e. The predicted octanol–water partition coefficient (Wildman–Crippen LogP) is -1.74.